The predicted octanol–water partition coefficient (Wildman–Crippen LogP) is 17.8. The summed E-state index contributed by atoms with van der Waals surface area (Å²) in [5.74, 6) is 1.64. The largest absolute Gasteiger partial charge is 0.507 e. The normalized spacial score (nSPS) is 10.5. The highest BCUT2D eigenvalue weighted by Gasteiger charge is 2.24. The van der Waals surface area contributed by atoms with Crippen molar-refractivity contribution in [3.63, 3.8) is 0 Å². The Balaban J connectivity index is 0.000000152. The topological polar surface area (TPSA) is 463 Å². The van der Waals surface area contributed by atoms with E-state index < -0.39 is 23.9 Å². The number of rotatable bonds is 16. The first-order valence-corrected chi connectivity index (χ1v) is 38.5. The van der Waals surface area contributed by atoms with Gasteiger partial charge >= 0.3 is 23.9 Å². The van der Waals surface area contributed by atoms with Crippen molar-refractivity contribution in [1.29, 1.82) is 5.41 Å². The molecule has 4 aromatic heterocycles. The van der Waals surface area contributed by atoms with Gasteiger partial charge in [0.15, 0.2) is 69.9 Å². The first-order valence-electron chi connectivity index (χ1n) is 38.1. The van der Waals surface area contributed by atoms with Crippen molar-refractivity contribution >= 4 is 41.6 Å². The van der Waals surface area contributed by atoms with Gasteiger partial charge < -0.3 is 59.8 Å². The summed E-state index contributed by atoms with van der Waals surface area (Å²) >= 11 is 5.95. The van der Waals surface area contributed by atoms with Crippen LogP contribution in [0.4, 0.5) is 0 Å². The van der Waals surface area contributed by atoms with Gasteiger partial charge in [-0.2, -0.15) is 0 Å². The number of halogens is 1. The number of carbonyl (C=O) groups excluding carboxylic acids is 5. The average Bonchev–Trinajstić information content (AvgIpc) is 0.800. The maximum Gasteiger partial charge on any atom is 0.337 e. The van der Waals surface area contributed by atoms with E-state index in [0.29, 0.717) is 117 Å². The third-order valence-electron chi connectivity index (χ3n) is 18.8. The van der Waals surface area contributed by atoms with Crippen LogP contribution in [0, 0.1) is 26.2 Å². The zero-order valence-electron chi connectivity index (χ0n) is 68.4. The van der Waals surface area contributed by atoms with E-state index in [2.05, 4.69) is 59.8 Å². The zero-order chi connectivity index (χ0) is 90.5. The lowest BCUT2D eigenvalue weighted by Gasteiger charge is -2.10. The molecule has 0 saturated carbocycles. The molecular weight excluding hydrogens is 1640 g/mol. The van der Waals surface area contributed by atoms with Crippen LogP contribution in [-0.2, 0) is 23.7 Å². The second-order valence-corrected chi connectivity index (χ2v) is 27.8. The number of isocyanates is 1. The SMILES string of the molecule is COC(=O)c1ccc(-c2nc(-c3ccccc3O)nc(-c3ccc(C)cc3O)n2)cc1.COC(=O)c1ccc(-c2nc(-c3ccccc3O)nc(-c3ccc(C)cc3O)n2)cc1.COC(=O)c1ccc(-c2nc(-c3ccccc3O)nc(-c3ccc(C)cc3O)n2)cc1.COC(=O)c1ccc(-c2nc(-c3ccccc3O)nc(-c3ccc(Cl)cc3O)n2)cc1.N=C=O. The molecule has 0 aliphatic rings. The Bertz CT molecular complexity index is 6010. The summed E-state index contributed by atoms with van der Waals surface area (Å²) in [7, 11) is 5.27. The van der Waals surface area contributed by atoms with Crippen LogP contribution in [0.2, 0.25) is 5.02 Å². The molecule has 632 valence electrons. The van der Waals surface area contributed by atoms with Gasteiger partial charge in [0.05, 0.1) is 95.2 Å². The molecule has 0 saturated heterocycles. The summed E-state index contributed by atoms with van der Waals surface area (Å²) in [5, 5.41) is 88.7. The number of benzene rings is 12. The number of aryl methyl sites for hydroxylation is 3. The lowest BCUT2D eigenvalue weighted by Crippen LogP contribution is -2.02. The number of methoxy groups -OCH3 is 4. The Hall–Kier alpha value is -17.4. The molecule has 0 amide bonds. The van der Waals surface area contributed by atoms with E-state index in [-0.39, 0.29) is 92.6 Å². The molecule has 4 heterocycles. The fourth-order valence-corrected chi connectivity index (χ4v) is 12.5. The van der Waals surface area contributed by atoms with Crippen LogP contribution >= 0.6 is 11.6 Å². The van der Waals surface area contributed by atoms with Crippen molar-refractivity contribution in [2.45, 2.75) is 20.8 Å². The Labute approximate surface area is 729 Å². The average molecular weight is 1720 g/mol. The van der Waals surface area contributed by atoms with E-state index in [4.69, 9.17) is 40.8 Å². The second kappa shape index (κ2) is 40.8. The van der Waals surface area contributed by atoms with Crippen molar-refractivity contribution in [2.24, 2.45) is 0 Å². The van der Waals surface area contributed by atoms with Gasteiger partial charge in [0.2, 0.25) is 6.08 Å². The highest BCUT2D eigenvalue weighted by Crippen LogP contribution is 2.40. The van der Waals surface area contributed by atoms with Crippen molar-refractivity contribution in [3.05, 3.63) is 311 Å². The third-order valence-corrected chi connectivity index (χ3v) is 19.0. The molecule has 31 heteroatoms. The quantitative estimate of drug-likeness (QED) is 0.0188. The number of para-hydroxylation sites is 4. The maximum absolute atomic E-state index is 11.7. The van der Waals surface area contributed by atoms with Crippen LogP contribution in [-0.4, -0.2) is 159 Å². The van der Waals surface area contributed by atoms with E-state index >= 15 is 0 Å². The molecule has 0 fully saturated rings. The minimum atomic E-state index is -0.455. The van der Waals surface area contributed by atoms with E-state index in [1.807, 2.05) is 39.0 Å². The molecule has 0 aliphatic carbocycles. The number of hydrogen-bond acceptors (Lipinski definition) is 30. The number of phenolic OH excluding ortho intramolecular Hbond substituents is 8. The van der Waals surface area contributed by atoms with E-state index in [1.165, 1.54) is 40.6 Å². The van der Waals surface area contributed by atoms with Gasteiger partial charge in [0, 0.05) is 27.3 Å². The Morgan fingerprint density at radius 1 is 0.252 bits per heavy atom. The molecule has 9 N–H and O–H groups in total. The first-order chi connectivity index (χ1) is 61.2. The van der Waals surface area contributed by atoms with Crippen LogP contribution in [0.25, 0.3) is 137 Å². The number of phenols is 8. The Morgan fingerprint density at radius 3 is 0.606 bits per heavy atom. The van der Waals surface area contributed by atoms with Crippen molar-refractivity contribution in [1.82, 2.24) is 59.8 Å². The van der Waals surface area contributed by atoms with Crippen LogP contribution < -0.4 is 0 Å². The van der Waals surface area contributed by atoms with Crippen LogP contribution in [0.15, 0.2) is 267 Å². The molecule has 16 rings (SSSR count). The summed E-state index contributed by atoms with van der Waals surface area (Å²) in [5.41, 5.74) is 10.2. The van der Waals surface area contributed by atoms with Gasteiger partial charge in [0.25, 0.3) is 0 Å². The lowest BCUT2D eigenvalue weighted by molar-refractivity contribution is 0.0592. The summed E-state index contributed by atoms with van der Waals surface area (Å²) in [4.78, 5) is 109. The van der Waals surface area contributed by atoms with Crippen molar-refractivity contribution < 1.29 is 83.8 Å². The number of nitrogens with one attached hydrogen (secondary N) is 1. The van der Waals surface area contributed by atoms with Gasteiger partial charge in [-0.3, -0.25) is 0 Å². The molecule has 0 bridgehead atoms. The highest BCUT2D eigenvalue weighted by atomic mass is 35.5. The number of aromatic hydroxyl groups is 8. The first kappa shape index (κ1) is 88.9. The molecule has 0 aliphatic heterocycles. The minimum absolute atomic E-state index is 0.00645. The number of ether oxygens (including phenoxy) is 4. The number of hydrogen-bond donors (Lipinski definition) is 9. The minimum Gasteiger partial charge on any atom is -0.507 e. The highest BCUT2D eigenvalue weighted by molar-refractivity contribution is 6.30. The summed E-state index contributed by atoms with van der Waals surface area (Å²) in [6.45, 7) is 5.62. The molecule has 0 spiro atoms. The van der Waals surface area contributed by atoms with Crippen LogP contribution in [0.1, 0.15) is 58.1 Å². The number of aromatic nitrogens is 12. The van der Waals surface area contributed by atoms with Crippen molar-refractivity contribution in [3.8, 4) is 183 Å². The van der Waals surface area contributed by atoms with Gasteiger partial charge in [-0.1, -0.05) is 127 Å². The Kier molecular flexibility index (Phi) is 28.6. The van der Waals surface area contributed by atoms with E-state index in [1.54, 1.807) is 237 Å². The summed E-state index contributed by atoms with van der Waals surface area (Å²) < 4.78 is 18.9. The lowest BCUT2D eigenvalue weighted by atomic mass is 10.1. The number of esters is 4. The molecule has 0 atom stereocenters. The predicted molar refractivity (Wildman–Crippen MR) is 471 cm³/mol. The standard InChI is InChI=1S/3C24H19N3O4.C23H16ClN3O4.CHNO/c3*1-14-7-12-18(20(29)13-14)23-26-21(15-8-10-16(11-9-15)24(30)31-2)25-22(27-23)17-5-3-4-6-19(17)28;1-31-23(30)14-8-6-13(7-9-14)20-25-21(16-4-2-3-5-18(16)28)27-22(26-20)17-11-10-15(24)12-19(17)29;2-1-3/h3*3-13,28-29H,1-2H3;2-12,28-29H,1H3;2H. The fraction of sp³-hybridized carbons (Fsp3) is 0.0729. The summed E-state index contributed by atoms with van der Waals surface area (Å²) in [6.07, 6.45) is 0.750. The van der Waals surface area contributed by atoms with Crippen LogP contribution in [0.5, 0.6) is 46.0 Å². The molecule has 30 nitrogen and oxygen atoms in total. The fourth-order valence-electron chi connectivity index (χ4n) is 12.3. The summed E-state index contributed by atoms with van der Waals surface area (Å²) in [6, 6.07) is 73.6. The van der Waals surface area contributed by atoms with Crippen molar-refractivity contribution in [2.75, 3.05) is 28.4 Å². The molecule has 16 aromatic rings. The monoisotopic (exact) mass is 1720 g/mol. The maximum atomic E-state index is 11.7. The van der Waals surface area contributed by atoms with Gasteiger partial charge in [-0.15, -0.1) is 0 Å². The smallest absolute Gasteiger partial charge is 0.337 e. The van der Waals surface area contributed by atoms with Gasteiger partial charge in [-0.05, 0) is 189 Å². The number of nitrogens with zero attached hydrogens (tertiary/aromatic N) is 12. The van der Waals surface area contributed by atoms with Gasteiger partial charge in [-0.25, -0.2) is 89.2 Å². The van der Waals surface area contributed by atoms with E-state index in [0.717, 1.165) is 22.8 Å². The third kappa shape index (κ3) is 21.7. The van der Waals surface area contributed by atoms with Crippen LogP contribution in [0.3, 0.4) is 0 Å². The molecule has 127 heavy (non-hydrogen) atoms. The van der Waals surface area contributed by atoms with Gasteiger partial charge in [0.1, 0.15) is 46.0 Å². The second-order valence-electron chi connectivity index (χ2n) is 27.4. The molecule has 0 radical (unpaired) electrons. The molecular formula is C96H74ClN13O17. The molecule has 0 unspecified atom stereocenters. The number of carbonyl (C=O) groups is 4. The Morgan fingerprint density at radius 2 is 0.425 bits per heavy atom. The van der Waals surface area contributed by atoms with E-state index in [9.17, 15) is 60.0 Å². The zero-order valence-corrected chi connectivity index (χ0v) is 69.2. The molecule has 12 aromatic carbocycles.